The second-order valence-electron chi connectivity index (χ2n) is 9.18. The van der Waals surface area contributed by atoms with Crippen LogP contribution in [0.5, 0.6) is 6.01 Å². The smallest absolute Gasteiger partial charge is 0.422 e. The van der Waals surface area contributed by atoms with Crippen LogP contribution in [0.2, 0.25) is 0 Å². The third kappa shape index (κ3) is 8.16. The van der Waals surface area contributed by atoms with Gasteiger partial charge in [-0.25, -0.2) is 0 Å². The summed E-state index contributed by atoms with van der Waals surface area (Å²) in [5.41, 5.74) is 1.07. The van der Waals surface area contributed by atoms with Crippen molar-refractivity contribution in [1.82, 2.24) is 15.0 Å². The molecule has 3 aromatic carbocycles. The standard InChI is InChI=1S/C28H23F6N5O2/c1-16(2)17-9-11-18(12-10-17)24(40)35-21-7-3-5-19(13-21)23-37-25(39-26(38-23)41-15-27(29,30)31)36-22-8-4-6-20(14-22)28(32,33)34/h3-14,16H,15H2,1-2H3,(H,35,40)(H,36,37,38,39). The van der Waals surface area contributed by atoms with Gasteiger partial charge in [0, 0.05) is 22.5 Å². The summed E-state index contributed by atoms with van der Waals surface area (Å²) in [7, 11) is 0. The lowest BCUT2D eigenvalue weighted by molar-refractivity contribution is -0.154. The van der Waals surface area contributed by atoms with Gasteiger partial charge in [0.25, 0.3) is 5.91 Å². The lowest BCUT2D eigenvalue weighted by atomic mass is 10.0. The molecule has 2 N–H and O–H groups in total. The van der Waals surface area contributed by atoms with Gasteiger partial charge in [-0.15, -0.1) is 0 Å². The van der Waals surface area contributed by atoms with Crippen molar-refractivity contribution in [2.24, 2.45) is 0 Å². The first-order chi connectivity index (χ1) is 19.3. The highest BCUT2D eigenvalue weighted by atomic mass is 19.4. The minimum Gasteiger partial charge on any atom is -0.454 e. The fraction of sp³-hybridized carbons (Fsp3) is 0.214. The number of carbonyl (C=O) groups is 1. The molecule has 1 amide bonds. The first kappa shape index (κ1) is 29.3. The van der Waals surface area contributed by atoms with Crippen molar-refractivity contribution in [3.8, 4) is 17.4 Å². The van der Waals surface area contributed by atoms with E-state index in [0.717, 1.165) is 23.8 Å². The predicted molar refractivity (Wildman–Crippen MR) is 140 cm³/mol. The largest absolute Gasteiger partial charge is 0.454 e. The van der Waals surface area contributed by atoms with Crippen LogP contribution in [0.4, 0.5) is 43.7 Å². The summed E-state index contributed by atoms with van der Waals surface area (Å²) in [5.74, 6) is -0.605. The number of amides is 1. The second-order valence-corrected chi connectivity index (χ2v) is 9.18. The zero-order valence-electron chi connectivity index (χ0n) is 21.6. The fourth-order valence-corrected chi connectivity index (χ4v) is 3.61. The topological polar surface area (TPSA) is 89.0 Å². The number of nitrogens with one attached hydrogen (secondary N) is 2. The van der Waals surface area contributed by atoms with Crippen LogP contribution >= 0.6 is 0 Å². The molecule has 1 aromatic heterocycles. The number of rotatable bonds is 8. The number of ether oxygens (including phenoxy) is 1. The average molecular weight is 576 g/mol. The molecule has 41 heavy (non-hydrogen) atoms. The molecular weight excluding hydrogens is 552 g/mol. The fourth-order valence-electron chi connectivity index (χ4n) is 3.61. The van der Waals surface area contributed by atoms with E-state index in [9.17, 15) is 31.1 Å². The van der Waals surface area contributed by atoms with E-state index in [1.165, 1.54) is 18.2 Å². The number of nitrogens with zero attached hydrogens (tertiary/aromatic N) is 3. The van der Waals surface area contributed by atoms with Gasteiger partial charge in [0.15, 0.2) is 12.4 Å². The summed E-state index contributed by atoms with van der Waals surface area (Å²) in [4.78, 5) is 24.6. The van der Waals surface area contributed by atoms with Gasteiger partial charge in [-0.2, -0.15) is 41.3 Å². The van der Waals surface area contributed by atoms with Crippen molar-refractivity contribution in [3.05, 3.63) is 89.5 Å². The lowest BCUT2D eigenvalue weighted by Gasteiger charge is -2.13. The molecule has 0 aliphatic carbocycles. The van der Waals surface area contributed by atoms with E-state index in [1.807, 2.05) is 26.0 Å². The third-order valence-electron chi connectivity index (χ3n) is 5.64. The Morgan fingerprint density at radius 3 is 2.20 bits per heavy atom. The molecule has 0 unspecified atom stereocenters. The van der Waals surface area contributed by atoms with Gasteiger partial charge in [0.05, 0.1) is 5.56 Å². The molecule has 0 fully saturated rings. The minimum absolute atomic E-state index is 0.0664. The number of hydrogen-bond donors (Lipinski definition) is 2. The Labute approximate surface area is 230 Å². The monoisotopic (exact) mass is 575 g/mol. The van der Waals surface area contributed by atoms with Crippen LogP contribution in [0.3, 0.4) is 0 Å². The van der Waals surface area contributed by atoms with Crippen molar-refractivity contribution in [2.75, 3.05) is 17.2 Å². The highest BCUT2D eigenvalue weighted by Gasteiger charge is 2.31. The van der Waals surface area contributed by atoms with E-state index in [4.69, 9.17) is 4.74 Å². The van der Waals surface area contributed by atoms with E-state index < -0.39 is 36.4 Å². The van der Waals surface area contributed by atoms with Crippen LogP contribution in [0.15, 0.2) is 72.8 Å². The first-order valence-corrected chi connectivity index (χ1v) is 12.2. The van der Waals surface area contributed by atoms with Gasteiger partial charge in [0.2, 0.25) is 5.95 Å². The van der Waals surface area contributed by atoms with Crippen LogP contribution in [0.25, 0.3) is 11.4 Å². The number of anilines is 3. The second kappa shape index (κ2) is 11.8. The molecule has 4 rings (SSSR count). The Morgan fingerprint density at radius 2 is 1.54 bits per heavy atom. The van der Waals surface area contributed by atoms with Crippen LogP contribution in [0.1, 0.15) is 41.3 Å². The molecule has 0 aliphatic heterocycles. The van der Waals surface area contributed by atoms with Crippen molar-refractivity contribution >= 4 is 23.2 Å². The summed E-state index contributed by atoms with van der Waals surface area (Å²) >= 11 is 0. The molecule has 0 spiro atoms. The molecular formula is C28H23F6N5O2. The molecule has 0 saturated carbocycles. The predicted octanol–water partition coefficient (Wildman–Crippen LogP) is 7.62. The average Bonchev–Trinajstić information content (AvgIpc) is 2.91. The van der Waals surface area contributed by atoms with Crippen molar-refractivity contribution < 1.29 is 35.9 Å². The van der Waals surface area contributed by atoms with Crippen LogP contribution < -0.4 is 15.4 Å². The molecule has 0 saturated heterocycles. The summed E-state index contributed by atoms with van der Waals surface area (Å²) in [6.07, 6.45) is -9.32. The maximum absolute atomic E-state index is 13.1. The third-order valence-corrected chi connectivity index (χ3v) is 5.64. The lowest BCUT2D eigenvalue weighted by Crippen LogP contribution is -2.20. The quantitative estimate of drug-likeness (QED) is 0.210. The molecule has 1 heterocycles. The molecule has 7 nitrogen and oxygen atoms in total. The van der Waals surface area contributed by atoms with E-state index in [-0.39, 0.29) is 23.0 Å². The Bertz CT molecular complexity index is 1520. The van der Waals surface area contributed by atoms with Crippen molar-refractivity contribution in [1.29, 1.82) is 0 Å². The van der Waals surface area contributed by atoms with Crippen molar-refractivity contribution in [3.63, 3.8) is 0 Å². The van der Waals surface area contributed by atoms with Gasteiger partial charge >= 0.3 is 18.4 Å². The zero-order valence-corrected chi connectivity index (χ0v) is 21.6. The first-order valence-electron chi connectivity index (χ1n) is 12.2. The zero-order chi connectivity index (χ0) is 29.8. The maximum atomic E-state index is 13.1. The van der Waals surface area contributed by atoms with Crippen LogP contribution in [-0.2, 0) is 6.18 Å². The molecule has 0 atom stereocenters. The van der Waals surface area contributed by atoms with Gasteiger partial charge in [0.1, 0.15) is 0 Å². The SMILES string of the molecule is CC(C)c1ccc(C(=O)Nc2cccc(-c3nc(Nc4cccc(C(F)(F)F)c4)nc(OCC(F)(F)F)n3)c2)cc1. The highest BCUT2D eigenvalue weighted by Crippen LogP contribution is 2.32. The molecule has 0 radical (unpaired) electrons. The minimum atomic E-state index is -4.70. The number of carbonyl (C=O) groups excluding carboxylic acids is 1. The Hall–Kier alpha value is -4.68. The molecule has 0 bridgehead atoms. The number of aromatic nitrogens is 3. The van der Waals surface area contributed by atoms with E-state index >= 15 is 0 Å². The van der Waals surface area contributed by atoms with Gasteiger partial charge < -0.3 is 15.4 Å². The van der Waals surface area contributed by atoms with E-state index in [1.54, 1.807) is 24.3 Å². The maximum Gasteiger partial charge on any atom is 0.422 e. The summed E-state index contributed by atoms with van der Waals surface area (Å²) < 4.78 is 82.4. The number of hydrogen-bond acceptors (Lipinski definition) is 6. The normalized spacial score (nSPS) is 11.8. The number of halogens is 6. The Morgan fingerprint density at radius 1 is 0.854 bits per heavy atom. The van der Waals surface area contributed by atoms with Crippen molar-refractivity contribution in [2.45, 2.75) is 32.1 Å². The van der Waals surface area contributed by atoms with Crippen LogP contribution in [-0.4, -0.2) is 33.6 Å². The van der Waals surface area contributed by atoms with E-state index in [2.05, 4.69) is 25.6 Å². The van der Waals surface area contributed by atoms with Gasteiger partial charge in [-0.3, -0.25) is 4.79 Å². The number of benzene rings is 3. The molecule has 4 aromatic rings. The van der Waals surface area contributed by atoms with Gasteiger partial charge in [-0.1, -0.05) is 44.2 Å². The molecule has 214 valence electrons. The summed E-state index contributed by atoms with van der Waals surface area (Å²) in [6.45, 7) is 2.36. The van der Waals surface area contributed by atoms with E-state index in [0.29, 0.717) is 17.2 Å². The Balaban J connectivity index is 1.63. The summed E-state index contributed by atoms with van der Waals surface area (Å²) in [6, 6.07) is 16.7. The summed E-state index contributed by atoms with van der Waals surface area (Å²) in [5, 5.41) is 5.29. The van der Waals surface area contributed by atoms with Crippen LogP contribution in [0, 0.1) is 0 Å². The molecule has 13 heteroatoms. The Kier molecular flexibility index (Phi) is 8.45. The number of alkyl halides is 6. The van der Waals surface area contributed by atoms with Gasteiger partial charge in [-0.05, 0) is 53.9 Å². The molecule has 0 aliphatic rings. The highest BCUT2D eigenvalue weighted by molar-refractivity contribution is 6.04.